The second-order valence-electron chi connectivity index (χ2n) is 6.60. The summed E-state index contributed by atoms with van der Waals surface area (Å²) in [5, 5.41) is 27.9. The van der Waals surface area contributed by atoms with E-state index in [2.05, 4.69) is 15.0 Å². The van der Waals surface area contributed by atoms with Gasteiger partial charge in [0.05, 0.1) is 19.0 Å². The molecule has 1 saturated heterocycles. The average Bonchev–Trinajstić information content (AvgIpc) is 3.22. The number of H-pyrrole nitrogens is 1. The van der Waals surface area contributed by atoms with E-state index in [1.54, 1.807) is 0 Å². The highest BCUT2D eigenvalue weighted by molar-refractivity contribution is 7.50. The van der Waals surface area contributed by atoms with Crippen molar-refractivity contribution in [3.63, 3.8) is 0 Å². The van der Waals surface area contributed by atoms with Crippen LogP contribution < -0.4 is 11.3 Å². The molecule has 1 fully saturated rings. The van der Waals surface area contributed by atoms with Crippen molar-refractivity contribution < 1.29 is 43.6 Å². The highest BCUT2D eigenvalue weighted by Gasteiger charge is 2.40. The molecule has 1 unspecified atom stereocenters. The van der Waals surface area contributed by atoms with Crippen LogP contribution in [-0.4, -0.2) is 88.2 Å². The van der Waals surface area contributed by atoms with Crippen LogP contribution in [0.5, 0.6) is 0 Å². The zero-order valence-corrected chi connectivity index (χ0v) is 16.6. The summed E-state index contributed by atoms with van der Waals surface area (Å²) in [5.74, 6) is -3.23. The largest absolute Gasteiger partial charge is 0.480 e. The Morgan fingerprint density at radius 3 is 2.65 bits per heavy atom. The van der Waals surface area contributed by atoms with Gasteiger partial charge in [-0.05, 0) is 0 Å². The molecule has 2 aromatic heterocycles. The highest BCUT2D eigenvalue weighted by Crippen LogP contribution is 2.47. The summed E-state index contributed by atoms with van der Waals surface area (Å²) >= 11 is 0. The van der Waals surface area contributed by atoms with Gasteiger partial charge in [-0.1, -0.05) is 0 Å². The Balaban J connectivity index is 1.71. The molecule has 31 heavy (non-hydrogen) atoms. The maximum Gasteiger partial charge on any atom is 0.406 e. The lowest BCUT2D eigenvalue weighted by atomic mass is 10.2. The van der Waals surface area contributed by atoms with E-state index in [1.807, 2.05) is 0 Å². The number of carbonyl (C=O) groups is 2. The number of hydrogen-bond donors (Lipinski definition) is 6. The van der Waals surface area contributed by atoms with Gasteiger partial charge in [0.1, 0.15) is 25.4 Å². The van der Waals surface area contributed by atoms with Gasteiger partial charge in [0.25, 0.3) is 5.56 Å². The topological polar surface area (TPSA) is 243 Å². The number of aliphatic hydroxyl groups excluding tert-OH is 1. The molecule has 0 bridgehead atoms. The maximum absolute atomic E-state index is 12.3. The third-order valence-electron chi connectivity index (χ3n) is 4.37. The zero-order valence-electron chi connectivity index (χ0n) is 15.7. The molecule has 7 N–H and O–H groups in total. The van der Waals surface area contributed by atoms with Gasteiger partial charge in [-0.2, -0.15) is 9.65 Å². The molecular formula is C14H19N6O10P. The molecular weight excluding hydrogens is 443 g/mol. The van der Waals surface area contributed by atoms with Crippen LogP contribution in [0.15, 0.2) is 11.1 Å². The number of carboxylic acid groups (broad SMARTS) is 2. The number of aliphatic carboxylic acids is 2. The molecule has 3 rings (SSSR count). The Labute approximate surface area is 172 Å². The number of hydrogen-bond acceptors (Lipinski definition) is 10. The number of nitrogens with zero attached hydrogens (tertiary/aromatic N) is 4. The Morgan fingerprint density at radius 2 is 2.03 bits per heavy atom. The maximum atomic E-state index is 12.3. The normalized spacial score (nSPS) is 23.3. The van der Waals surface area contributed by atoms with Crippen LogP contribution in [0.25, 0.3) is 11.2 Å². The molecule has 0 saturated carbocycles. The van der Waals surface area contributed by atoms with E-state index >= 15 is 0 Å². The second-order valence-corrected chi connectivity index (χ2v) is 8.41. The average molecular weight is 462 g/mol. The summed E-state index contributed by atoms with van der Waals surface area (Å²) in [6.45, 7) is -2.76. The van der Waals surface area contributed by atoms with Crippen LogP contribution in [0.1, 0.15) is 12.6 Å². The minimum absolute atomic E-state index is 0.00941. The van der Waals surface area contributed by atoms with Crippen LogP contribution in [0.4, 0.5) is 5.95 Å². The quantitative estimate of drug-likeness (QED) is 0.219. The van der Waals surface area contributed by atoms with Gasteiger partial charge in [-0.3, -0.25) is 28.5 Å². The van der Waals surface area contributed by atoms with Crippen LogP contribution in [-0.2, 0) is 23.4 Å². The van der Waals surface area contributed by atoms with Crippen LogP contribution in [0.3, 0.4) is 0 Å². The molecule has 0 aliphatic carbocycles. The first-order valence-corrected chi connectivity index (χ1v) is 10.2. The SMILES string of the molecule is Nc1nc2c(ncn2[C@H]2C[C@H](O)[C@@H](COP(=O)(O)N(CC(=O)O)CC(=O)O)O2)c(=O)[nH]1. The number of carboxylic acids is 2. The van der Waals surface area contributed by atoms with Crippen molar-refractivity contribution in [1.29, 1.82) is 0 Å². The number of aliphatic hydroxyl groups is 1. The number of fused-ring (bicyclic) bond motifs is 1. The van der Waals surface area contributed by atoms with Gasteiger partial charge in [-0.25, -0.2) is 9.55 Å². The Bertz CT molecular complexity index is 1080. The minimum Gasteiger partial charge on any atom is -0.480 e. The second kappa shape index (κ2) is 8.70. The third kappa shape index (κ3) is 5.07. The summed E-state index contributed by atoms with van der Waals surface area (Å²) in [4.78, 5) is 53.7. The molecule has 0 amide bonds. The minimum atomic E-state index is -4.83. The van der Waals surface area contributed by atoms with Crippen molar-refractivity contribution in [2.75, 3.05) is 25.4 Å². The van der Waals surface area contributed by atoms with Crippen molar-refractivity contribution in [3.05, 3.63) is 16.7 Å². The molecule has 1 aliphatic rings. The molecule has 16 nitrogen and oxygen atoms in total. The number of imidazole rings is 1. The number of rotatable bonds is 9. The van der Waals surface area contributed by atoms with Gasteiger partial charge >= 0.3 is 19.7 Å². The molecule has 0 radical (unpaired) electrons. The first kappa shape index (κ1) is 22.8. The van der Waals surface area contributed by atoms with Gasteiger partial charge in [0, 0.05) is 6.42 Å². The Kier molecular flexibility index (Phi) is 6.40. The van der Waals surface area contributed by atoms with E-state index < -0.39 is 63.4 Å². The lowest BCUT2D eigenvalue weighted by Gasteiger charge is -2.25. The van der Waals surface area contributed by atoms with Gasteiger partial charge in [0.2, 0.25) is 5.95 Å². The molecule has 1 aliphatic heterocycles. The van der Waals surface area contributed by atoms with Crippen LogP contribution >= 0.6 is 7.75 Å². The lowest BCUT2D eigenvalue weighted by molar-refractivity contribution is -0.140. The van der Waals surface area contributed by atoms with Crippen LogP contribution in [0.2, 0.25) is 0 Å². The molecule has 0 aromatic carbocycles. The third-order valence-corrected chi connectivity index (χ3v) is 5.85. The molecule has 17 heteroatoms. The number of nitrogens with two attached hydrogens (primary N) is 1. The predicted octanol–water partition coefficient (Wildman–Crippen LogP) is -2.06. The summed E-state index contributed by atoms with van der Waals surface area (Å²) in [6.07, 6.45) is -1.93. The Hall–Kier alpha value is -2.88. The van der Waals surface area contributed by atoms with Gasteiger partial charge in [0.15, 0.2) is 11.2 Å². The summed E-state index contributed by atoms with van der Waals surface area (Å²) < 4.78 is 24.4. The Morgan fingerprint density at radius 1 is 1.39 bits per heavy atom. The number of aromatic nitrogens is 4. The standard InChI is InChI=1S/C14H19N6O10P/c15-14-17-12-11(13(26)18-14)16-5-20(12)8-1-6(21)7(30-8)4-29-31(27,28)19(2-9(22)23)3-10(24)25/h5-8,21H,1-4H2,(H,22,23)(H,24,25)(H,27,28)(H3,15,17,18,26)/t6-,7+,8+/m0/s1. The van der Waals surface area contributed by atoms with E-state index in [0.29, 0.717) is 0 Å². The first-order chi connectivity index (χ1) is 14.5. The van der Waals surface area contributed by atoms with Gasteiger partial charge in [-0.15, -0.1) is 0 Å². The zero-order chi connectivity index (χ0) is 22.9. The van der Waals surface area contributed by atoms with Gasteiger partial charge < -0.3 is 30.7 Å². The lowest BCUT2D eigenvalue weighted by Crippen LogP contribution is -2.34. The number of anilines is 1. The van der Waals surface area contributed by atoms with E-state index in [-0.39, 0.29) is 28.2 Å². The summed E-state index contributed by atoms with van der Waals surface area (Å²) in [7, 11) is -4.83. The molecule has 0 spiro atoms. The number of nitrogen functional groups attached to an aromatic ring is 1. The predicted molar refractivity (Wildman–Crippen MR) is 99.7 cm³/mol. The van der Waals surface area contributed by atoms with Crippen molar-refractivity contribution in [3.8, 4) is 0 Å². The van der Waals surface area contributed by atoms with Crippen molar-refractivity contribution in [2.45, 2.75) is 24.9 Å². The van der Waals surface area contributed by atoms with E-state index in [0.717, 1.165) is 0 Å². The van der Waals surface area contributed by atoms with Crippen molar-refractivity contribution >= 4 is 36.8 Å². The van der Waals surface area contributed by atoms with E-state index in [9.17, 15) is 28.9 Å². The van der Waals surface area contributed by atoms with E-state index in [1.165, 1.54) is 10.9 Å². The molecule has 3 heterocycles. The first-order valence-electron chi connectivity index (χ1n) is 8.70. The fourth-order valence-electron chi connectivity index (χ4n) is 2.99. The fraction of sp³-hybridized carbons (Fsp3) is 0.500. The monoisotopic (exact) mass is 462 g/mol. The molecule has 4 atom stereocenters. The highest BCUT2D eigenvalue weighted by atomic mass is 31.2. The van der Waals surface area contributed by atoms with Crippen molar-refractivity contribution in [2.24, 2.45) is 0 Å². The van der Waals surface area contributed by atoms with Crippen LogP contribution in [0, 0.1) is 0 Å². The fourth-order valence-corrected chi connectivity index (χ4v) is 4.09. The number of aromatic amines is 1. The number of ether oxygens (including phenoxy) is 1. The summed E-state index contributed by atoms with van der Waals surface area (Å²) in [6, 6.07) is 0. The van der Waals surface area contributed by atoms with E-state index in [4.69, 9.17) is 25.2 Å². The molecule has 2 aromatic rings. The van der Waals surface area contributed by atoms with Crippen molar-refractivity contribution in [1.82, 2.24) is 24.2 Å². The molecule has 170 valence electrons. The summed E-state index contributed by atoms with van der Waals surface area (Å²) in [5.41, 5.74) is 5.05. The smallest absolute Gasteiger partial charge is 0.406 e. The number of nitrogens with one attached hydrogen (secondary N) is 1.